The lowest BCUT2D eigenvalue weighted by molar-refractivity contribution is -0.117. The van der Waals surface area contributed by atoms with E-state index in [4.69, 9.17) is 0 Å². The molecule has 0 bridgehead atoms. The molecule has 0 aliphatic heterocycles. The van der Waals surface area contributed by atoms with Gasteiger partial charge in [0.2, 0.25) is 0 Å². The topological polar surface area (TPSA) is 46.9 Å². The van der Waals surface area contributed by atoms with Gasteiger partial charge in [-0.1, -0.05) is 6.92 Å². The van der Waals surface area contributed by atoms with Gasteiger partial charge in [-0.05, 0) is 44.7 Å². The molecule has 1 heterocycles. The number of aromatic nitrogens is 2. The lowest BCUT2D eigenvalue weighted by Gasteiger charge is -2.08. The van der Waals surface area contributed by atoms with Gasteiger partial charge >= 0.3 is 0 Å². The van der Waals surface area contributed by atoms with E-state index in [1.54, 1.807) is 0 Å². The van der Waals surface area contributed by atoms with Crippen molar-refractivity contribution in [3.8, 4) is 0 Å². The zero-order chi connectivity index (χ0) is 13.0. The minimum atomic E-state index is 0.227. The Labute approximate surface area is 109 Å². The number of carbonyl (C=O) groups is 1. The second kappa shape index (κ2) is 6.14. The van der Waals surface area contributed by atoms with Gasteiger partial charge in [-0.3, -0.25) is 9.48 Å². The molecule has 0 amide bonds. The summed E-state index contributed by atoms with van der Waals surface area (Å²) in [4.78, 5) is 11.8. The van der Waals surface area contributed by atoms with Crippen LogP contribution in [0.1, 0.15) is 44.8 Å². The second-order valence-corrected chi connectivity index (χ2v) is 5.33. The number of Topliss-reactive ketones (excluding diaryl/α,β-unsaturated/α-hetero) is 1. The van der Waals surface area contributed by atoms with Crippen LogP contribution in [-0.4, -0.2) is 28.7 Å². The fraction of sp³-hybridized carbons (Fsp3) is 0.714. The molecule has 2 rings (SSSR count). The molecule has 18 heavy (non-hydrogen) atoms. The van der Waals surface area contributed by atoms with E-state index in [9.17, 15) is 4.79 Å². The van der Waals surface area contributed by atoms with E-state index in [0.29, 0.717) is 19.0 Å². The zero-order valence-corrected chi connectivity index (χ0v) is 11.4. The molecule has 0 aromatic carbocycles. The van der Waals surface area contributed by atoms with Crippen molar-refractivity contribution in [2.45, 2.75) is 45.6 Å². The van der Waals surface area contributed by atoms with Crippen molar-refractivity contribution in [3.63, 3.8) is 0 Å². The quantitative estimate of drug-likeness (QED) is 0.766. The minimum absolute atomic E-state index is 0.227. The third-order valence-corrected chi connectivity index (χ3v) is 3.54. The highest BCUT2D eigenvalue weighted by molar-refractivity contribution is 5.82. The monoisotopic (exact) mass is 249 g/mol. The van der Waals surface area contributed by atoms with Gasteiger partial charge in [0.25, 0.3) is 0 Å². The summed E-state index contributed by atoms with van der Waals surface area (Å²) in [5.74, 6) is 1.05. The van der Waals surface area contributed by atoms with Crippen LogP contribution in [0.2, 0.25) is 0 Å². The minimum Gasteiger partial charge on any atom is -0.310 e. The molecule has 4 nitrogen and oxygen atoms in total. The molecule has 0 spiro atoms. The summed E-state index contributed by atoms with van der Waals surface area (Å²) < 4.78 is 1.94. The molecule has 1 unspecified atom stereocenters. The van der Waals surface area contributed by atoms with Crippen molar-refractivity contribution in [2.24, 2.45) is 5.92 Å². The van der Waals surface area contributed by atoms with Gasteiger partial charge in [0.1, 0.15) is 0 Å². The first-order valence-corrected chi connectivity index (χ1v) is 6.95. The second-order valence-electron chi connectivity index (χ2n) is 5.33. The number of hydrogen-bond acceptors (Lipinski definition) is 3. The largest absolute Gasteiger partial charge is 0.310 e. The van der Waals surface area contributed by atoms with E-state index in [1.807, 2.05) is 16.9 Å². The fourth-order valence-corrected chi connectivity index (χ4v) is 1.91. The van der Waals surface area contributed by atoms with E-state index < -0.39 is 0 Å². The van der Waals surface area contributed by atoms with Crippen LogP contribution in [0.3, 0.4) is 0 Å². The summed E-state index contributed by atoms with van der Waals surface area (Å²) in [5, 5.41) is 7.67. The highest BCUT2D eigenvalue weighted by Gasteiger charge is 2.20. The van der Waals surface area contributed by atoms with Gasteiger partial charge < -0.3 is 5.32 Å². The highest BCUT2D eigenvalue weighted by atomic mass is 16.1. The van der Waals surface area contributed by atoms with Crippen LogP contribution in [0.15, 0.2) is 12.3 Å². The number of hydrogen-bond donors (Lipinski definition) is 1. The van der Waals surface area contributed by atoms with Gasteiger partial charge in [0, 0.05) is 12.2 Å². The first kappa shape index (κ1) is 13.3. The average molecular weight is 249 g/mol. The maximum absolute atomic E-state index is 11.8. The maximum Gasteiger partial charge on any atom is 0.152 e. The Morgan fingerprint density at radius 3 is 3.06 bits per heavy atom. The molecule has 1 fully saturated rings. The van der Waals surface area contributed by atoms with Crippen molar-refractivity contribution in [2.75, 3.05) is 13.1 Å². The van der Waals surface area contributed by atoms with Gasteiger partial charge in [-0.25, -0.2) is 0 Å². The van der Waals surface area contributed by atoms with Crippen LogP contribution in [0.4, 0.5) is 0 Å². The van der Waals surface area contributed by atoms with Gasteiger partial charge in [-0.2, -0.15) is 5.10 Å². The molecule has 1 atom stereocenters. The van der Waals surface area contributed by atoms with Crippen molar-refractivity contribution in [1.82, 2.24) is 15.1 Å². The summed E-state index contributed by atoms with van der Waals surface area (Å²) in [6, 6.07) is 2.35. The predicted octanol–water partition coefficient (Wildman–Crippen LogP) is 1.97. The summed E-state index contributed by atoms with van der Waals surface area (Å²) in [5.41, 5.74) is 0.883. The Kier molecular flexibility index (Phi) is 4.53. The third-order valence-electron chi connectivity index (χ3n) is 3.54. The number of rotatable bonds is 8. The Hall–Kier alpha value is -1.16. The number of nitrogens with one attached hydrogen (secondary N) is 1. The lowest BCUT2D eigenvalue weighted by Crippen LogP contribution is -2.26. The van der Waals surface area contributed by atoms with E-state index in [1.165, 1.54) is 12.8 Å². The molecular formula is C14H23N3O. The Morgan fingerprint density at radius 2 is 2.39 bits per heavy atom. The molecular weight excluding hydrogens is 226 g/mol. The Morgan fingerprint density at radius 1 is 1.61 bits per heavy atom. The maximum atomic E-state index is 11.8. The van der Waals surface area contributed by atoms with Crippen LogP contribution >= 0.6 is 0 Å². The summed E-state index contributed by atoms with van der Waals surface area (Å²) in [6.45, 7) is 5.74. The molecule has 100 valence electrons. The molecule has 4 heteroatoms. The predicted molar refractivity (Wildman–Crippen MR) is 71.5 cm³/mol. The number of nitrogens with zero attached hydrogens (tertiary/aromatic N) is 2. The summed E-state index contributed by atoms with van der Waals surface area (Å²) >= 11 is 0. The van der Waals surface area contributed by atoms with Crippen LogP contribution in [0.25, 0.3) is 0 Å². The highest BCUT2D eigenvalue weighted by Crippen LogP contribution is 2.27. The molecule has 0 radical (unpaired) electrons. The normalized spacial score (nSPS) is 16.8. The van der Waals surface area contributed by atoms with Crippen LogP contribution in [0, 0.1) is 5.92 Å². The van der Waals surface area contributed by atoms with Crippen molar-refractivity contribution in [3.05, 3.63) is 18.0 Å². The van der Waals surface area contributed by atoms with E-state index >= 15 is 0 Å². The van der Waals surface area contributed by atoms with Gasteiger partial charge in [-0.15, -0.1) is 0 Å². The SMILES string of the molecule is CCC(C)n1ccc(CC(=O)CNCC2CC2)n1. The molecule has 1 saturated carbocycles. The molecule has 1 N–H and O–H groups in total. The smallest absolute Gasteiger partial charge is 0.152 e. The zero-order valence-electron chi connectivity index (χ0n) is 11.4. The number of carbonyl (C=O) groups excluding carboxylic acids is 1. The van der Waals surface area contributed by atoms with Crippen LogP contribution in [-0.2, 0) is 11.2 Å². The summed E-state index contributed by atoms with van der Waals surface area (Å²) in [6.07, 6.45) is 6.11. The fourth-order valence-electron chi connectivity index (χ4n) is 1.91. The van der Waals surface area contributed by atoms with Crippen LogP contribution < -0.4 is 5.32 Å². The molecule has 1 aliphatic rings. The lowest BCUT2D eigenvalue weighted by atomic mass is 10.2. The third kappa shape index (κ3) is 3.95. The van der Waals surface area contributed by atoms with Crippen LogP contribution in [0.5, 0.6) is 0 Å². The van der Waals surface area contributed by atoms with E-state index in [2.05, 4.69) is 24.3 Å². The van der Waals surface area contributed by atoms with Gasteiger partial charge in [0.05, 0.1) is 18.7 Å². The van der Waals surface area contributed by atoms with Crippen molar-refractivity contribution >= 4 is 5.78 Å². The van der Waals surface area contributed by atoms with E-state index in [-0.39, 0.29) is 5.78 Å². The Balaban J connectivity index is 1.73. The molecule has 0 saturated heterocycles. The van der Waals surface area contributed by atoms with E-state index in [0.717, 1.165) is 24.6 Å². The first-order valence-electron chi connectivity index (χ1n) is 6.95. The Bertz CT molecular complexity index is 395. The average Bonchev–Trinajstić information content (AvgIpc) is 3.06. The molecule has 1 aromatic heterocycles. The number of ketones is 1. The molecule has 1 aromatic rings. The van der Waals surface area contributed by atoms with Gasteiger partial charge in [0.15, 0.2) is 5.78 Å². The van der Waals surface area contributed by atoms with Crippen molar-refractivity contribution in [1.29, 1.82) is 0 Å². The molecule has 1 aliphatic carbocycles. The summed E-state index contributed by atoms with van der Waals surface area (Å²) in [7, 11) is 0. The van der Waals surface area contributed by atoms with Crippen molar-refractivity contribution < 1.29 is 4.79 Å². The standard InChI is InChI=1S/C14H23N3O/c1-3-11(2)17-7-6-13(16-17)8-14(18)10-15-9-12-4-5-12/h6-7,11-12,15H,3-5,8-10H2,1-2H3. The first-order chi connectivity index (χ1) is 8.69.